The Morgan fingerprint density at radius 2 is 1.73 bits per heavy atom. The normalized spacial score (nSPS) is 14.9. The van der Waals surface area contributed by atoms with Crippen molar-refractivity contribution >= 4 is 23.2 Å². The predicted octanol–water partition coefficient (Wildman–Crippen LogP) is 5.84. The van der Waals surface area contributed by atoms with E-state index in [1.54, 1.807) is 0 Å². The molecule has 0 saturated carbocycles. The van der Waals surface area contributed by atoms with Gasteiger partial charge >= 0.3 is 0 Å². The Morgan fingerprint density at radius 1 is 1.10 bits per heavy atom. The van der Waals surface area contributed by atoms with E-state index in [9.17, 15) is 4.79 Å². The van der Waals surface area contributed by atoms with Crippen LogP contribution in [0.25, 0.3) is 16.8 Å². The first-order valence-corrected chi connectivity index (χ1v) is 10.9. The van der Waals surface area contributed by atoms with Gasteiger partial charge in [-0.15, -0.1) is 0 Å². The number of carbonyl (C=O) groups excluding carboxylic acids is 1. The Balaban J connectivity index is 2.09. The minimum absolute atomic E-state index is 0.0537. The second-order valence-corrected chi connectivity index (χ2v) is 9.30. The largest absolute Gasteiger partial charge is 0.347 e. The molecule has 0 spiro atoms. The number of hydrazine groups is 1. The van der Waals surface area contributed by atoms with Gasteiger partial charge in [-0.25, -0.2) is 5.01 Å². The van der Waals surface area contributed by atoms with E-state index in [0.717, 1.165) is 35.4 Å². The lowest BCUT2D eigenvalue weighted by Crippen LogP contribution is -2.42. The number of rotatable bonds is 6. The summed E-state index contributed by atoms with van der Waals surface area (Å²) in [6, 6.07) is 14.2. The van der Waals surface area contributed by atoms with E-state index < -0.39 is 0 Å². The van der Waals surface area contributed by atoms with Crippen LogP contribution in [0.3, 0.4) is 0 Å². The van der Waals surface area contributed by atoms with E-state index in [4.69, 9.17) is 11.6 Å². The van der Waals surface area contributed by atoms with Crippen LogP contribution in [-0.2, 0) is 0 Å². The van der Waals surface area contributed by atoms with Crippen molar-refractivity contribution in [1.82, 2.24) is 15.3 Å². The first-order valence-electron chi connectivity index (χ1n) is 10.6. The Morgan fingerprint density at radius 3 is 2.33 bits per heavy atom. The van der Waals surface area contributed by atoms with Crippen LogP contribution in [0.4, 0.5) is 0 Å². The molecule has 2 aromatic rings. The summed E-state index contributed by atoms with van der Waals surface area (Å²) >= 11 is 6.09. The molecule has 0 unspecified atom stereocenters. The summed E-state index contributed by atoms with van der Waals surface area (Å²) in [7, 11) is 2.09. The van der Waals surface area contributed by atoms with Crippen LogP contribution in [0.1, 0.15) is 57.0 Å². The molecular formula is C25H32ClN3O. The highest BCUT2D eigenvalue weighted by Gasteiger charge is 2.26. The van der Waals surface area contributed by atoms with Gasteiger partial charge in [0.15, 0.2) is 0 Å². The van der Waals surface area contributed by atoms with Crippen LogP contribution in [-0.4, -0.2) is 41.1 Å². The van der Waals surface area contributed by atoms with Crippen molar-refractivity contribution in [3.8, 4) is 11.1 Å². The van der Waals surface area contributed by atoms with Gasteiger partial charge in [-0.3, -0.25) is 4.79 Å². The zero-order valence-electron chi connectivity index (χ0n) is 18.8. The molecule has 1 aliphatic rings. The smallest absolute Gasteiger partial charge is 0.251 e. The average molecular weight is 426 g/mol. The lowest BCUT2D eigenvalue weighted by atomic mass is 9.96. The molecule has 1 heterocycles. The first kappa shape index (κ1) is 22.4. The molecular weight excluding hydrogens is 394 g/mol. The Hall–Kier alpha value is -2.30. The Labute approximate surface area is 185 Å². The molecule has 0 saturated heterocycles. The molecule has 2 aromatic carbocycles. The minimum Gasteiger partial charge on any atom is -0.347 e. The van der Waals surface area contributed by atoms with Crippen molar-refractivity contribution in [3.63, 3.8) is 0 Å². The number of likely N-dealkylation sites (N-methyl/N-ethyl adjacent to an activating group) is 1. The molecule has 1 N–H and O–H groups in total. The fourth-order valence-corrected chi connectivity index (χ4v) is 3.82. The zero-order chi connectivity index (χ0) is 22.1. The third kappa shape index (κ3) is 4.88. The lowest BCUT2D eigenvalue weighted by Gasteiger charge is -2.33. The Kier molecular flexibility index (Phi) is 6.59. The van der Waals surface area contributed by atoms with Gasteiger partial charge in [0, 0.05) is 41.3 Å². The Bertz CT molecular complexity index is 947. The van der Waals surface area contributed by atoms with Crippen LogP contribution in [0.2, 0.25) is 5.02 Å². The molecule has 0 aromatic heterocycles. The topological polar surface area (TPSA) is 35.6 Å². The zero-order valence-corrected chi connectivity index (χ0v) is 19.5. The van der Waals surface area contributed by atoms with Crippen LogP contribution >= 0.6 is 11.6 Å². The molecule has 160 valence electrons. The summed E-state index contributed by atoms with van der Waals surface area (Å²) in [5.41, 5.74) is 4.62. The number of halogens is 1. The molecule has 0 aliphatic carbocycles. The number of carbonyl (C=O) groups is 1. The van der Waals surface area contributed by atoms with Gasteiger partial charge in [0.05, 0.1) is 5.70 Å². The number of benzene rings is 2. The fraction of sp³-hybridized carbons (Fsp3) is 0.400. The summed E-state index contributed by atoms with van der Waals surface area (Å²) in [6.45, 7) is 11.4. The first-order chi connectivity index (χ1) is 14.1. The highest BCUT2D eigenvalue weighted by molar-refractivity contribution is 6.30. The van der Waals surface area contributed by atoms with Gasteiger partial charge in [-0.2, -0.15) is 0 Å². The number of nitrogens with zero attached hydrogens (tertiary/aromatic N) is 2. The highest BCUT2D eigenvalue weighted by Crippen LogP contribution is 2.32. The molecule has 1 aliphatic heterocycles. The van der Waals surface area contributed by atoms with Gasteiger partial charge < -0.3 is 10.3 Å². The molecule has 4 nitrogen and oxygen atoms in total. The third-order valence-corrected chi connectivity index (χ3v) is 5.91. The standard InChI is InChI=1S/C25H32ClN3O/c1-7-25(4,5)27-24(30)21-15-19(18-8-10-22(26)11-9-18)14-20(16-21)23-12-13-28(6)29(23)17(2)3/h8-12,14-17H,7,13H2,1-6H3,(H,27,30). The van der Waals surface area contributed by atoms with Crippen LogP contribution in [0.5, 0.6) is 0 Å². The SMILES string of the molecule is CCC(C)(C)NC(=O)c1cc(C2=CCN(C)N2C(C)C)cc(-c2ccc(Cl)cc2)c1. The van der Waals surface area contributed by atoms with E-state index in [1.807, 2.05) is 50.2 Å². The molecule has 1 amide bonds. The molecule has 0 atom stereocenters. The van der Waals surface area contributed by atoms with Gasteiger partial charge in [0.2, 0.25) is 0 Å². The van der Waals surface area contributed by atoms with Crippen LogP contribution in [0.15, 0.2) is 48.5 Å². The maximum absolute atomic E-state index is 13.1. The third-order valence-electron chi connectivity index (χ3n) is 5.66. The molecule has 0 bridgehead atoms. The molecule has 0 fully saturated rings. The lowest BCUT2D eigenvalue weighted by molar-refractivity contribution is 0.0638. The summed E-state index contributed by atoms with van der Waals surface area (Å²) in [4.78, 5) is 13.1. The summed E-state index contributed by atoms with van der Waals surface area (Å²) in [6.07, 6.45) is 3.08. The van der Waals surface area contributed by atoms with Crippen molar-refractivity contribution in [2.45, 2.75) is 52.6 Å². The van der Waals surface area contributed by atoms with Crippen LogP contribution < -0.4 is 5.32 Å². The summed E-state index contributed by atoms with van der Waals surface area (Å²) in [5.74, 6) is -0.0537. The molecule has 5 heteroatoms. The van der Waals surface area contributed by atoms with Gasteiger partial charge in [-0.05, 0) is 81.7 Å². The monoisotopic (exact) mass is 425 g/mol. The summed E-state index contributed by atoms with van der Waals surface area (Å²) in [5, 5.41) is 8.34. The van der Waals surface area contributed by atoms with E-state index in [0.29, 0.717) is 16.6 Å². The van der Waals surface area contributed by atoms with E-state index in [1.165, 1.54) is 0 Å². The molecule has 0 radical (unpaired) electrons. The van der Waals surface area contributed by atoms with E-state index in [-0.39, 0.29) is 11.4 Å². The van der Waals surface area contributed by atoms with Crippen molar-refractivity contribution in [1.29, 1.82) is 0 Å². The van der Waals surface area contributed by atoms with Crippen molar-refractivity contribution in [2.75, 3.05) is 13.6 Å². The predicted molar refractivity (Wildman–Crippen MR) is 126 cm³/mol. The molecule has 3 rings (SSSR count). The number of nitrogens with one attached hydrogen (secondary N) is 1. The minimum atomic E-state index is -0.260. The van der Waals surface area contributed by atoms with Gasteiger partial charge in [0.1, 0.15) is 0 Å². The molecule has 30 heavy (non-hydrogen) atoms. The highest BCUT2D eigenvalue weighted by atomic mass is 35.5. The quantitative estimate of drug-likeness (QED) is 0.631. The van der Waals surface area contributed by atoms with Crippen molar-refractivity contribution in [3.05, 3.63) is 64.7 Å². The van der Waals surface area contributed by atoms with Gasteiger partial charge in [0.25, 0.3) is 5.91 Å². The second-order valence-electron chi connectivity index (χ2n) is 8.87. The van der Waals surface area contributed by atoms with Crippen LogP contribution in [0, 0.1) is 0 Å². The van der Waals surface area contributed by atoms with Crippen molar-refractivity contribution < 1.29 is 4.79 Å². The number of hydrogen-bond acceptors (Lipinski definition) is 3. The maximum Gasteiger partial charge on any atom is 0.251 e. The van der Waals surface area contributed by atoms with E-state index in [2.05, 4.69) is 55.3 Å². The summed E-state index contributed by atoms with van der Waals surface area (Å²) < 4.78 is 0. The second kappa shape index (κ2) is 8.83. The van der Waals surface area contributed by atoms with Crippen molar-refractivity contribution in [2.24, 2.45) is 0 Å². The number of hydrogen-bond donors (Lipinski definition) is 1. The van der Waals surface area contributed by atoms with E-state index >= 15 is 0 Å². The maximum atomic E-state index is 13.1. The van der Waals surface area contributed by atoms with Gasteiger partial charge in [-0.1, -0.05) is 30.7 Å². The number of amides is 1. The fourth-order valence-electron chi connectivity index (χ4n) is 3.69. The average Bonchev–Trinajstić information content (AvgIpc) is 3.09.